The maximum absolute atomic E-state index is 10.2. The molecule has 0 spiro atoms. The zero-order valence-corrected chi connectivity index (χ0v) is 26.2. The van der Waals surface area contributed by atoms with Crippen molar-refractivity contribution < 1.29 is 16.8 Å². The first kappa shape index (κ1) is 20.5. The van der Waals surface area contributed by atoms with Crippen LogP contribution in [0, 0.1) is 0 Å². The van der Waals surface area contributed by atoms with Crippen LogP contribution < -0.4 is 0 Å². The molecule has 0 bridgehead atoms. The van der Waals surface area contributed by atoms with E-state index in [9.17, 15) is 5.48 Å². The largest absolute Gasteiger partial charge is 0.455 e. The van der Waals surface area contributed by atoms with Gasteiger partial charge in [0.1, 0.15) is 11.2 Å². The lowest BCUT2D eigenvalue weighted by atomic mass is 9.98. The fraction of sp³-hybridized carbons (Fsp3) is 0. The highest BCUT2D eigenvalue weighted by Crippen LogP contribution is 2.42. The average Bonchev–Trinajstić information content (AvgIpc) is 3.82. The number of furan rings is 1. The summed E-state index contributed by atoms with van der Waals surface area (Å²) in [7, 11) is 0. The summed E-state index contributed by atoms with van der Waals surface area (Å²) >= 11 is 0. The van der Waals surface area contributed by atoms with Gasteiger partial charge in [0.2, 0.25) is 0 Å². The zero-order valence-electron chi connectivity index (χ0n) is 35.2. The Balaban J connectivity index is 1.41. The Morgan fingerprint density at radius 2 is 1.04 bits per heavy atom. The predicted octanol–water partition coefficient (Wildman–Crippen LogP) is 11.5. The molecule has 0 fully saturated rings. The summed E-state index contributed by atoms with van der Waals surface area (Å²) in [5.41, 5.74) is 1.95. The second kappa shape index (κ2) is 11.4. The van der Waals surface area contributed by atoms with Gasteiger partial charge in [0.05, 0.1) is 29.1 Å². The topological polar surface area (TPSA) is 56.7 Å². The van der Waals surface area contributed by atoms with Gasteiger partial charge in [-0.1, -0.05) is 133 Å². The van der Waals surface area contributed by atoms with E-state index in [4.69, 9.17) is 26.2 Å². The van der Waals surface area contributed by atoms with E-state index in [0.29, 0.717) is 22.2 Å². The summed E-state index contributed by atoms with van der Waals surface area (Å²) in [6, 6.07) is 31.2. The van der Waals surface area contributed by atoms with Gasteiger partial charge in [-0.05, 0) is 36.3 Å². The van der Waals surface area contributed by atoms with Gasteiger partial charge in [0.15, 0.2) is 17.5 Å². The molecule has 10 rings (SSSR count). The first-order valence-electron chi connectivity index (χ1n) is 20.5. The lowest BCUT2D eigenvalue weighted by Crippen LogP contribution is -2.02. The molecule has 3 aromatic heterocycles. The molecule has 5 nitrogen and oxygen atoms in total. The minimum absolute atomic E-state index is 0.0348. The Hall–Kier alpha value is -6.85. The van der Waals surface area contributed by atoms with Crippen molar-refractivity contribution >= 4 is 43.7 Å². The molecule has 0 radical (unpaired) electrons. The third kappa shape index (κ3) is 4.52. The van der Waals surface area contributed by atoms with Crippen LogP contribution in [-0.2, 0) is 0 Å². The summed E-state index contributed by atoms with van der Waals surface area (Å²) in [4.78, 5) is 14.4. The second-order valence-electron chi connectivity index (χ2n) is 11.7. The molecule has 234 valence electrons. The highest BCUT2D eigenvalue weighted by Gasteiger charge is 2.21. The monoisotopic (exact) mass is 649 g/mol. The maximum Gasteiger partial charge on any atom is 0.164 e. The van der Waals surface area contributed by atoms with Crippen molar-refractivity contribution in [1.29, 1.82) is 0 Å². The molecule has 0 aliphatic carbocycles. The molecule has 0 saturated heterocycles. The molecular formula is C45H28N4O. The lowest BCUT2D eigenvalue weighted by molar-refractivity contribution is 0.670. The van der Waals surface area contributed by atoms with Crippen LogP contribution in [0.25, 0.3) is 94.7 Å². The first-order chi connectivity index (χ1) is 28.5. The third-order valence-electron chi connectivity index (χ3n) is 8.75. The number of hydrogen-bond acceptors (Lipinski definition) is 4. The Morgan fingerprint density at radius 3 is 1.70 bits per heavy atom. The SMILES string of the molecule is [2H]c1cc([2H])c2oc3c(-c4c([2H])c(-c5nc(-c6ccccc6)nc(-c6ccccc6)n5)c([2H])c([2H])c4-n4c5ccccc5c5ccccc54)c([2H])c([2H])c([2H])c3c2c1[2H]. The van der Waals surface area contributed by atoms with E-state index in [0.717, 1.165) is 16.8 Å². The smallest absolute Gasteiger partial charge is 0.164 e. The summed E-state index contributed by atoms with van der Waals surface area (Å²) in [5.74, 6) is 0.447. The van der Waals surface area contributed by atoms with E-state index < -0.39 is 18.1 Å². The van der Waals surface area contributed by atoms with Crippen LogP contribution in [0.2, 0.25) is 0 Å². The van der Waals surface area contributed by atoms with Crippen molar-refractivity contribution in [2.75, 3.05) is 0 Å². The number of aromatic nitrogens is 4. The van der Waals surface area contributed by atoms with Crippen molar-refractivity contribution in [3.63, 3.8) is 0 Å². The van der Waals surface area contributed by atoms with Crippen LogP contribution in [0.1, 0.15) is 12.3 Å². The van der Waals surface area contributed by atoms with Gasteiger partial charge in [-0.25, -0.2) is 15.0 Å². The van der Waals surface area contributed by atoms with E-state index in [1.807, 2.05) is 109 Å². The van der Waals surface area contributed by atoms with Gasteiger partial charge >= 0.3 is 0 Å². The number of nitrogens with zero attached hydrogens (tertiary/aromatic N) is 4. The van der Waals surface area contributed by atoms with E-state index in [1.54, 1.807) is 4.57 Å². The maximum atomic E-state index is 10.2. The van der Waals surface area contributed by atoms with Crippen molar-refractivity contribution in [2.45, 2.75) is 0 Å². The second-order valence-corrected chi connectivity index (χ2v) is 11.7. The van der Waals surface area contributed by atoms with Gasteiger partial charge in [-0.2, -0.15) is 0 Å². The Kier molecular flexibility index (Phi) is 4.67. The molecule has 0 unspecified atom stereocenters. The molecule has 0 aliphatic rings. The molecule has 0 N–H and O–H groups in total. The van der Waals surface area contributed by atoms with Crippen LogP contribution in [0.4, 0.5) is 0 Å². The number of benzene rings is 7. The first-order valence-corrected chi connectivity index (χ1v) is 16.0. The quantitative estimate of drug-likeness (QED) is 0.186. The summed E-state index contributed by atoms with van der Waals surface area (Å²) in [6.45, 7) is 0. The molecule has 0 saturated carbocycles. The normalized spacial score (nSPS) is 14.1. The predicted molar refractivity (Wildman–Crippen MR) is 203 cm³/mol. The van der Waals surface area contributed by atoms with Gasteiger partial charge in [-0.3, -0.25) is 0 Å². The molecule has 7 aromatic carbocycles. The number of para-hydroxylation sites is 4. The van der Waals surface area contributed by atoms with Crippen LogP contribution in [0.3, 0.4) is 0 Å². The number of hydrogen-bond donors (Lipinski definition) is 0. The number of fused-ring (bicyclic) bond motifs is 6. The van der Waals surface area contributed by atoms with Crippen molar-refractivity contribution in [3.05, 3.63) is 170 Å². The van der Waals surface area contributed by atoms with Crippen molar-refractivity contribution in [1.82, 2.24) is 19.5 Å². The average molecular weight is 650 g/mol. The molecule has 10 aromatic rings. The Labute approximate surface area is 300 Å². The van der Waals surface area contributed by atoms with E-state index >= 15 is 0 Å². The minimum Gasteiger partial charge on any atom is -0.455 e. The molecular weight excluding hydrogens is 613 g/mol. The Bertz CT molecular complexity index is 3280. The molecule has 50 heavy (non-hydrogen) atoms. The van der Waals surface area contributed by atoms with E-state index in [2.05, 4.69) is 0 Å². The highest BCUT2D eigenvalue weighted by atomic mass is 16.3. The summed E-state index contributed by atoms with van der Waals surface area (Å²) in [5, 5.41) is 1.55. The Morgan fingerprint density at radius 1 is 0.460 bits per heavy atom. The van der Waals surface area contributed by atoms with Crippen LogP contribution in [-0.4, -0.2) is 19.5 Å². The minimum atomic E-state index is -0.551. The van der Waals surface area contributed by atoms with E-state index in [-0.39, 0.29) is 98.0 Å². The van der Waals surface area contributed by atoms with Gasteiger partial charge in [0, 0.05) is 49.4 Å². The molecule has 3 heterocycles. The van der Waals surface area contributed by atoms with Crippen molar-refractivity contribution in [3.8, 4) is 51.0 Å². The van der Waals surface area contributed by atoms with Crippen LogP contribution in [0.5, 0.6) is 0 Å². The fourth-order valence-electron chi connectivity index (χ4n) is 6.49. The lowest BCUT2D eigenvalue weighted by Gasteiger charge is -2.16. The van der Waals surface area contributed by atoms with Gasteiger partial charge in [-0.15, -0.1) is 0 Å². The summed E-state index contributed by atoms with van der Waals surface area (Å²) in [6.07, 6.45) is 0. The highest BCUT2D eigenvalue weighted by molar-refractivity contribution is 6.12. The van der Waals surface area contributed by atoms with Crippen LogP contribution in [0.15, 0.2) is 174 Å². The van der Waals surface area contributed by atoms with Crippen LogP contribution >= 0.6 is 0 Å². The van der Waals surface area contributed by atoms with E-state index in [1.165, 1.54) is 0 Å². The molecule has 0 amide bonds. The van der Waals surface area contributed by atoms with Gasteiger partial charge in [0.25, 0.3) is 0 Å². The zero-order chi connectivity index (χ0) is 40.9. The third-order valence-corrected chi connectivity index (χ3v) is 8.75. The fourth-order valence-corrected chi connectivity index (χ4v) is 6.49. The number of rotatable bonds is 5. The molecule has 0 atom stereocenters. The van der Waals surface area contributed by atoms with Crippen molar-refractivity contribution in [2.24, 2.45) is 0 Å². The standard InChI is InChI=1S/C45H28N4O/c1-3-14-29(15-4-1)43-46-44(30-16-5-2-6-17-30)48-45(47-43)31-26-27-40(49-38-23-10-7-18-32(38)33-19-8-11-24-39(33)49)37(28-31)36-22-13-21-35-34-20-9-12-25-41(34)50-42(35)36/h1-28H/i9D,13D,20D,21D,22D,25D,26D,27D,28D. The molecule has 0 aliphatic heterocycles. The summed E-state index contributed by atoms with van der Waals surface area (Å²) < 4.78 is 91.3. The molecule has 5 heteroatoms. The van der Waals surface area contributed by atoms with Gasteiger partial charge < -0.3 is 8.98 Å².